The van der Waals surface area contributed by atoms with Gasteiger partial charge in [-0.1, -0.05) is 42.2 Å². The first-order valence-corrected chi connectivity index (χ1v) is 9.85. The van der Waals surface area contributed by atoms with Crippen LogP contribution in [0.3, 0.4) is 0 Å². The Morgan fingerprint density at radius 2 is 1.76 bits per heavy atom. The molecule has 1 unspecified atom stereocenters. The van der Waals surface area contributed by atoms with Gasteiger partial charge in [-0.25, -0.2) is 8.42 Å². The van der Waals surface area contributed by atoms with E-state index in [0.29, 0.717) is 25.9 Å². The number of nitrogens with zero attached hydrogens (tertiary/aromatic N) is 1. The standard InChI is InChI=1S/C20H21NO3S/c22-18-9-11-19(12-10-18)25(23,24)20-13-15-21(16-20)14-5-4-8-17-6-2-1-3-7-17/h1-3,6-7,9-12,20,22H,8,13-16H2. The Bertz CT molecular complexity index is 865. The zero-order valence-corrected chi connectivity index (χ0v) is 14.7. The van der Waals surface area contributed by atoms with Crippen LogP contribution in [0.5, 0.6) is 5.75 Å². The molecule has 1 aliphatic heterocycles. The lowest BCUT2D eigenvalue weighted by Crippen LogP contribution is -2.27. The Morgan fingerprint density at radius 3 is 2.48 bits per heavy atom. The predicted molar refractivity (Wildman–Crippen MR) is 98.1 cm³/mol. The lowest BCUT2D eigenvalue weighted by molar-refractivity contribution is 0.382. The van der Waals surface area contributed by atoms with Crippen LogP contribution >= 0.6 is 0 Å². The molecule has 0 amide bonds. The topological polar surface area (TPSA) is 57.6 Å². The largest absolute Gasteiger partial charge is 0.508 e. The van der Waals surface area contributed by atoms with Crippen LogP contribution in [0.4, 0.5) is 0 Å². The van der Waals surface area contributed by atoms with Gasteiger partial charge in [0.2, 0.25) is 0 Å². The first-order valence-electron chi connectivity index (χ1n) is 8.30. The molecular formula is C20H21NO3S. The number of phenolic OH excluding ortho intramolecular Hbond substituents is 1. The smallest absolute Gasteiger partial charge is 0.182 e. The lowest BCUT2D eigenvalue weighted by Gasteiger charge is -2.13. The monoisotopic (exact) mass is 355 g/mol. The Morgan fingerprint density at radius 1 is 1.04 bits per heavy atom. The maximum absolute atomic E-state index is 12.7. The molecule has 25 heavy (non-hydrogen) atoms. The average Bonchev–Trinajstić information content (AvgIpc) is 3.10. The summed E-state index contributed by atoms with van der Waals surface area (Å²) in [6, 6.07) is 15.8. The number of phenols is 1. The van der Waals surface area contributed by atoms with Crippen LogP contribution in [0, 0.1) is 11.8 Å². The quantitative estimate of drug-likeness (QED) is 0.856. The summed E-state index contributed by atoms with van der Waals surface area (Å²) in [7, 11) is -3.36. The molecule has 1 fully saturated rings. The van der Waals surface area contributed by atoms with Gasteiger partial charge in [0.1, 0.15) is 5.75 Å². The third kappa shape index (κ3) is 4.41. The highest BCUT2D eigenvalue weighted by Gasteiger charge is 2.33. The van der Waals surface area contributed by atoms with E-state index >= 15 is 0 Å². The molecule has 0 saturated carbocycles. The fourth-order valence-electron chi connectivity index (χ4n) is 2.95. The van der Waals surface area contributed by atoms with Crippen molar-refractivity contribution in [3.8, 4) is 17.6 Å². The normalized spacial score (nSPS) is 17.8. The van der Waals surface area contributed by atoms with Crippen LogP contribution in [-0.2, 0) is 16.3 Å². The average molecular weight is 355 g/mol. The maximum Gasteiger partial charge on any atom is 0.182 e. The van der Waals surface area contributed by atoms with Crippen molar-refractivity contribution in [1.29, 1.82) is 0 Å². The van der Waals surface area contributed by atoms with E-state index in [4.69, 9.17) is 0 Å². The second-order valence-corrected chi connectivity index (χ2v) is 8.43. The summed E-state index contributed by atoms with van der Waals surface area (Å²) in [5.74, 6) is 6.36. The van der Waals surface area contributed by atoms with Crippen molar-refractivity contribution < 1.29 is 13.5 Å². The van der Waals surface area contributed by atoms with Crippen molar-refractivity contribution in [1.82, 2.24) is 4.90 Å². The highest BCUT2D eigenvalue weighted by Crippen LogP contribution is 2.25. The lowest BCUT2D eigenvalue weighted by atomic mass is 10.2. The summed E-state index contributed by atoms with van der Waals surface area (Å²) in [6.45, 7) is 1.83. The van der Waals surface area contributed by atoms with E-state index in [1.165, 1.54) is 29.8 Å². The number of likely N-dealkylation sites (tertiary alicyclic amines) is 1. The zero-order chi connectivity index (χ0) is 17.7. The summed E-state index contributed by atoms with van der Waals surface area (Å²) >= 11 is 0. The molecule has 1 N–H and O–H groups in total. The van der Waals surface area contributed by atoms with Gasteiger partial charge in [0.25, 0.3) is 0 Å². The van der Waals surface area contributed by atoms with Gasteiger partial charge in [-0.3, -0.25) is 4.90 Å². The zero-order valence-electron chi connectivity index (χ0n) is 13.9. The third-order valence-corrected chi connectivity index (χ3v) is 6.59. The fourth-order valence-corrected chi connectivity index (χ4v) is 4.67. The van der Waals surface area contributed by atoms with Gasteiger partial charge in [-0.05, 0) is 36.2 Å². The summed E-state index contributed by atoms with van der Waals surface area (Å²) in [4.78, 5) is 2.35. The second kappa shape index (κ2) is 7.73. The summed E-state index contributed by atoms with van der Waals surface area (Å²) < 4.78 is 25.3. The predicted octanol–water partition coefficient (Wildman–Crippen LogP) is 2.49. The van der Waals surface area contributed by atoms with E-state index < -0.39 is 15.1 Å². The van der Waals surface area contributed by atoms with Crippen molar-refractivity contribution in [3.05, 3.63) is 60.2 Å². The number of sulfone groups is 1. The highest BCUT2D eigenvalue weighted by molar-refractivity contribution is 7.92. The molecule has 1 heterocycles. The fraction of sp³-hybridized carbons (Fsp3) is 0.300. The molecule has 1 aliphatic rings. The van der Waals surface area contributed by atoms with E-state index in [9.17, 15) is 13.5 Å². The van der Waals surface area contributed by atoms with Gasteiger partial charge in [0, 0.05) is 19.5 Å². The molecule has 4 nitrogen and oxygen atoms in total. The first kappa shape index (κ1) is 17.5. The minimum Gasteiger partial charge on any atom is -0.508 e. The molecule has 0 aliphatic carbocycles. The molecule has 130 valence electrons. The second-order valence-electron chi connectivity index (χ2n) is 6.20. The van der Waals surface area contributed by atoms with Crippen molar-refractivity contribution in [2.24, 2.45) is 0 Å². The van der Waals surface area contributed by atoms with Crippen LogP contribution in [0.25, 0.3) is 0 Å². The van der Waals surface area contributed by atoms with E-state index in [2.05, 4.69) is 16.7 Å². The van der Waals surface area contributed by atoms with Gasteiger partial charge >= 0.3 is 0 Å². The summed E-state index contributed by atoms with van der Waals surface area (Å²) in [6.07, 6.45) is 1.33. The molecule has 3 rings (SSSR count). The van der Waals surface area contributed by atoms with Crippen molar-refractivity contribution in [2.45, 2.75) is 23.0 Å². The first-order chi connectivity index (χ1) is 12.1. The van der Waals surface area contributed by atoms with E-state index in [1.807, 2.05) is 30.3 Å². The third-order valence-electron chi connectivity index (χ3n) is 4.40. The number of benzene rings is 2. The van der Waals surface area contributed by atoms with Crippen LogP contribution < -0.4 is 0 Å². The van der Waals surface area contributed by atoms with Gasteiger partial charge in [0.05, 0.1) is 16.7 Å². The Kier molecular flexibility index (Phi) is 5.42. The number of hydrogen-bond acceptors (Lipinski definition) is 4. The Balaban J connectivity index is 1.56. The Hall–Kier alpha value is -2.29. The van der Waals surface area contributed by atoms with E-state index in [-0.39, 0.29) is 10.6 Å². The Labute approximate surface area is 149 Å². The van der Waals surface area contributed by atoms with Crippen LogP contribution in [0.15, 0.2) is 59.5 Å². The summed E-state index contributed by atoms with van der Waals surface area (Å²) in [5.41, 5.74) is 1.18. The minimum atomic E-state index is -3.36. The molecule has 1 atom stereocenters. The summed E-state index contributed by atoms with van der Waals surface area (Å²) in [5, 5.41) is 8.91. The van der Waals surface area contributed by atoms with Crippen molar-refractivity contribution >= 4 is 9.84 Å². The number of rotatable bonds is 4. The number of hydrogen-bond donors (Lipinski definition) is 1. The molecule has 0 radical (unpaired) electrons. The maximum atomic E-state index is 12.7. The van der Waals surface area contributed by atoms with Gasteiger partial charge in [-0.2, -0.15) is 0 Å². The van der Waals surface area contributed by atoms with Crippen molar-refractivity contribution in [2.75, 3.05) is 19.6 Å². The SMILES string of the molecule is O=S(=O)(c1ccc(O)cc1)C1CCN(CC#CCc2ccccc2)C1. The molecule has 2 aromatic rings. The van der Waals surface area contributed by atoms with Crippen LogP contribution in [-0.4, -0.2) is 43.3 Å². The number of aromatic hydroxyl groups is 1. The molecule has 1 saturated heterocycles. The van der Waals surface area contributed by atoms with Gasteiger partial charge < -0.3 is 5.11 Å². The molecular weight excluding hydrogens is 334 g/mol. The molecule has 2 aromatic carbocycles. The van der Waals surface area contributed by atoms with Crippen LogP contribution in [0.2, 0.25) is 0 Å². The molecule has 0 aromatic heterocycles. The van der Waals surface area contributed by atoms with Gasteiger partial charge in [-0.15, -0.1) is 0 Å². The minimum absolute atomic E-state index is 0.0701. The van der Waals surface area contributed by atoms with Crippen molar-refractivity contribution in [3.63, 3.8) is 0 Å². The highest BCUT2D eigenvalue weighted by atomic mass is 32.2. The van der Waals surface area contributed by atoms with E-state index in [0.717, 1.165) is 6.54 Å². The van der Waals surface area contributed by atoms with Crippen LogP contribution in [0.1, 0.15) is 12.0 Å². The van der Waals surface area contributed by atoms with E-state index in [1.54, 1.807) is 0 Å². The molecule has 5 heteroatoms. The molecule has 0 bridgehead atoms. The van der Waals surface area contributed by atoms with Gasteiger partial charge in [0.15, 0.2) is 9.84 Å². The molecule has 0 spiro atoms.